The lowest BCUT2D eigenvalue weighted by molar-refractivity contribution is -0.143. The molecule has 0 radical (unpaired) electrons. The number of ether oxygens (including phenoxy) is 1. The van der Waals surface area contributed by atoms with Gasteiger partial charge in [-0.2, -0.15) is 0 Å². The van der Waals surface area contributed by atoms with Crippen LogP contribution in [-0.4, -0.2) is 23.1 Å². The fourth-order valence-corrected chi connectivity index (χ4v) is 0.582. The van der Waals surface area contributed by atoms with E-state index in [4.69, 9.17) is 9.84 Å². The van der Waals surface area contributed by atoms with Crippen LogP contribution in [0.1, 0.15) is 20.3 Å². The summed E-state index contributed by atoms with van der Waals surface area (Å²) in [4.78, 5) is 21.3. The molecule has 14 heavy (non-hydrogen) atoms. The third-order valence-electron chi connectivity index (χ3n) is 1.57. The molecule has 4 nitrogen and oxygen atoms in total. The van der Waals surface area contributed by atoms with Gasteiger partial charge in [0, 0.05) is 6.08 Å². The molecule has 0 rings (SSSR count). The predicted octanol–water partition coefficient (Wildman–Crippen LogP) is 1.53. The first kappa shape index (κ1) is 12.4. The van der Waals surface area contributed by atoms with E-state index in [1.807, 2.05) is 6.92 Å². The van der Waals surface area contributed by atoms with Crippen molar-refractivity contribution in [2.45, 2.75) is 26.4 Å². The second-order valence-electron chi connectivity index (χ2n) is 2.82. The molecule has 1 N–H and O–H groups in total. The smallest absolute Gasteiger partial charge is 0.337 e. The minimum absolute atomic E-state index is 0.0349. The van der Waals surface area contributed by atoms with Crippen molar-refractivity contribution in [3.05, 3.63) is 24.3 Å². The Morgan fingerprint density at radius 1 is 1.50 bits per heavy atom. The van der Waals surface area contributed by atoms with Crippen molar-refractivity contribution >= 4 is 11.9 Å². The van der Waals surface area contributed by atoms with Crippen LogP contribution < -0.4 is 0 Å². The highest BCUT2D eigenvalue weighted by atomic mass is 16.5. The summed E-state index contributed by atoms with van der Waals surface area (Å²) in [5.74, 6) is -1.71. The summed E-state index contributed by atoms with van der Waals surface area (Å²) in [6.45, 7) is 7.03. The topological polar surface area (TPSA) is 63.6 Å². The van der Waals surface area contributed by atoms with Gasteiger partial charge in [0.2, 0.25) is 0 Å². The Labute approximate surface area is 82.9 Å². The van der Waals surface area contributed by atoms with Crippen molar-refractivity contribution in [1.82, 2.24) is 0 Å². The Balaban J connectivity index is 4.13. The molecule has 4 heteroatoms. The Morgan fingerprint density at radius 3 is 2.50 bits per heavy atom. The Bertz CT molecular complexity index is 265. The average Bonchev–Trinajstić information content (AvgIpc) is 2.13. The lowest BCUT2D eigenvalue weighted by atomic mass is 10.2. The molecule has 0 heterocycles. The summed E-state index contributed by atoms with van der Waals surface area (Å²) in [5.41, 5.74) is 0.0349. The van der Waals surface area contributed by atoms with Gasteiger partial charge in [0.25, 0.3) is 0 Å². The van der Waals surface area contributed by atoms with Crippen molar-refractivity contribution in [2.75, 3.05) is 0 Å². The second kappa shape index (κ2) is 5.96. The van der Waals surface area contributed by atoms with Gasteiger partial charge in [-0.1, -0.05) is 13.5 Å². The molecule has 1 atom stereocenters. The molecule has 0 saturated carbocycles. The summed E-state index contributed by atoms with van der Waals surface area (Å²) in [6, 6.07) is 0. The van der Waals surface area contributed by atoms with Gasteiger partial charge >= 0.3 is 11.9 Å². The maximum atomic E-state index is 11.2. The Kier molecular flexibility index (Phi) is 5.29. The standard InChI is InChI=1S/C10H14O4/c1-4-8(3)14-10(13)7(2)5-6-9(11)12/h5-6,8H,2,4H2,1,3H3,(H,11,12). The fraction of sp³-hybridized carbons (Fsp3) is 0.400. The molecule has 0 saturated heterocycles. The van der Waals surface area contributed by atoms with E-state index in [-0.39, 0.29) is 11.7 Å². The van der Waals surface area contributed by atoms with Crippen LogP contribution >= 0.6 is 0 Å². The predicted molar refractivity (Wildman–Crippen MR) is 51.8 cm³/mol. The van der Waals surface area contributed by atoms with Crippen molar-refractivity contribution in [3.63, 3.8) is 0 Å². The van der Waals surface area contributed by atoms with E-state index >= 15 is 0 Å². The number of esters is 1. The average molecular weight is 198 g/mol. The summed E-state index contributed by atoms with van der Waals surface area (Å²) >= 11 is 0. The van der Waals surface area contributed by atoms with E-state index in [1.165, 1.54) is 0 Å². The summed E-state index contributed by atoms with van der Waals surface area (Å²) in [6.07, 6.45) is 2.49. The summed E-state index contributed by atoms with van der Waals surface area (Å²) < 4.78 is 4.91. The fourth-order valence-electron chi connectivity index (χ4n) is 0.582. The van der Waals surface area contributed by atoms with Crippen LogP contribution in [0.15, 0.2) is 24.3 Å². The molecule has 0 spiro atoms. The summed E-state index contributed by atoms with van der Waals surface area (Å²) in [7, 11) is 0. The molecule has 0 aliphatic carbocycles. The van der Waals surface area contributed by atoms with Crippen LogP contribution in [0.25, 0.3) is 0 Å². The number of carboxylic acid groups (broad SMARTS) is 1. The number of hydrogen-bond donors (Lipinski definition) is 1. The van der Waals surface area contributed by atoms with E-state index in [0.29, 0.717) is 6.42 Å². The molecule has 0 fully saturated rings. The number of aliphatic carboxylic acids is 1. The van der Waals surface area contributed by atoms with Crippen molar-refractivity contribution in [3.8, 4) is 0 Å². The van der Waals surface area contributed by atoms with Gasteiger partial charge < -0.3 is 9.84 Å². The minimum atomic E-state index is -1.12. The van der Waals surface area contributed by atoms with Gasteiger partial charge in [0.1, 0.15) is 0 Å². The van der Waals surface area contributed by atoms with Gasteiger partial charge in [-0.25, -0.2) is 9.59 Å². The van der Waals surface area contributed by atoms with Crippen LogP contribution in [0.3, 0.4) is 0 Å². The zero-order valence-corrected chi connectivity index (χ0v) is 8.32. The first-order valence-corrected chi connectivity index (χ1v) is 4.28. The number of carbonyl (C=O) groups is 2. The normalized spacial score (nSPS) is 12.4. The zero-order chi connectivity index (χ0) is 11.1. The van der Waals surface area contributed by atoms with Crippen LogP contribution in [0.5, 0.6) is 0 Å². The van der Waals surface area contributed by atoms with Crippen molar-refractivity contribution in [1.29, 1.82) is 0 Å². The van der Waals surface area contributed by atoms with E-state index in [9.17, 15) is 9.59 Å². The number of rotatable bonds is 5. The highest BCUT2D eigenvalue weighted by Crippen LogP contribution is 2.03. The van der Waals surface area contributed by atoms with Gasteiger partial charge in [-0.3, -0.25) is 0 Å². The molecule has 0 aliphatic heterocycles. The maximum Gasteiger partial charge on any atom is 0.337 e. The molecule has 78 valence electrons. The van der Waals surface area contributed by atoms with Gasteiger partial charge in [0.05, 0.1) is 11.7 Å². The first-order chi connectivity index (χ1) is 6.47. The van der Waals surface area contributed by atoms with Crippen molar-refractivity contribution < 1.29 is 19.4 Å². The molecule has 0 amide bonds. The maximum absolute atomic E-state index is 11.2. The van der Waals surface area contributed by atoms with Crippen molar-refractivity contribution in [2.24, 2.45) is 0 Å². The van der Waals surface area contributed by atoms with Crippen LogP contribution in [0.2, 0.25) is 0 Å². The lowest BCUT2D eigenvalue weighted by Crippen LogP contribution is -2.14. The molecular weight excluding hydrogens is 184 g/mol. The minimum Gasteiger partial charge on any atom is -0.478 e. The van der Waals surface area contributed by atoms with E-state index in [2.05, 4.69) is 6.58 Å². The second-order valence-corrected chi connectivity index (χ2v) is 2.82. The SMILES string of the molecule is C=C(C=CC(=O)O)C(=O)OC(C)CC. The molecule has 0 aliphatic rings. The zero-order valence-electron chi connectivity index (χ0n) is 8.32. The third-order valence-corrected chi connectivity index (χ3v) is 1.57. The third kappa shape index (κ3) is 5.13. The van der Waals surface area contributed by atoms with Crippen LogP contribution in [0, 0.1) is 0 Å². The molecular formula is C10H14O4. The molecule has 0 bridgehead atoms. The van der Waals surface area contributed by atoms with Gasteiger partial charge in [-0.05, 0) is 19.4 Å². The molecule has 1 unspecified atom stereocenters. The van der Waals surface area contributed by atoms with E-state index in [0.717, 1.165) is 12.2 Å². The van der Waals surface area contributed by atoms with E-state index < -0.39 is 11.9 Å². The lowest BCUT2D eigenvalue weighted by Gasteiger charge is -2.10. The first-order valence-electron chi connectivity index (χ1n) is 4.28. The molecule has 0 aromatic carbocycles. The Hall–Kier alpha value is -1.58. The van der Waals surface area contributed by atoms with Gasteiger partial charge in [-0.15, -0.1) is 0 Å². The van der Waals surface area contributed by atoms with Crippen LogP contribution in [0.4, 0.5) is 0 Å². The number of carbonyl (C=O) groups excluding carboxylic acids is 1. The number of hydrogen-bond acceptors (Lipinski definition) is 3. The van der Waals surface area contributed by atoms with Gasteiger partial charge in [0.15, 0.2) is 0 Å². The molecule has 0 aromatic heterocycles. The monoisotopic (exact) mass is 198 g/mol. The number of carboxylic acids is 1. The van der Waals surface area contributed by atoms with Crippen LogP contribution in [-0.2, 0) is 14.3 Å². The highest BCUT2D eigenvalue weighted by molar-refractivity contribution is 5.93. The molecule has 0 aromatic rings. The quantitative estimate of drug-likeness (QED) is 0.413. The summed E-state index contributed by atoms with van der Waals surface area (Å²) in [5, 5.41) is 8.29. The Morgan fingerprint density at radius 2 is 2.07 bits per heavy atom. The van der Waals surface area contributed by atoms with E-state index in [1.54, 1.807) is 6.92 Å². The highest BCUT2D eigenvalue weighted by Gasteiger charge is 2.09. The largest absolute Gasteiger partial charge is 0.478 e.